The predicted molar refractivity (Wildman–Crippen MR) is 82.5 cm³/mol. The summed E-state index contributed by atoms with van der Waals surface area (Å²) < 4.78 is 0. The molecule has 0 spiro atoms. The van der Waals surface area contributed by atoms with Gasteiger partial charge in [0.05, 0.1) is 33.2 Å². The molecule has 1 heterocycles. The molecular formula is C13H9Cl2N3OS. The number of nitrogens with zero attached hydrogens (tertiary/aromatic N) is 1. The van der Waals surface area contributed by atoms with Crippen molar-refractivity contribution in [2.75, 3.05) is 11.9 Å². The van der Waals surface area contributed by atoms with Crippen LogP contribution < -0.4 is 11.1 Å². The number of nitrogens with two attached hydrogens (primary N) is 1. The topological polar surface area (TPSA) is 68.0 Å². The summed E-state index contributed by atoms with van der Waals surface area (Å²) in [6.07, 6.45) is 1.57. The molecule has 0 saturated carbocycles. The number of hydrogen-bond donors (Lipinski definition) is 2. The molecule has 1 amide bonds. The fraction of sp³-hybridized carbons (Fsp3) is 0.0769. The summed E-state index contributed by atoms with van der Waals surface area (Å²) in [6.45, 7) is 0.273. The minimum atomic E-state index is -0.409. The Morgan fingerprint density at radius 3 is 2.75 bits per heavy atom. The maximum atomic E-state index is 12.1. The van der Waals surface area contributed by atoms with Gasteiger partial charge in [-0.05, 0) is 12.1 Å². The smallest absolute Gasteiger partial charge is 0.260 e. The Labute approximate surface area is 129 Å². The SMILES string of the molecule is NCC#Cc1cnc(NC(=O)c2c(Cl)cccc2Cl)s1. The standard InChI is InChI=1S/C13H9Cl2N3OS/c14-9-4-1-5-10(15)11(9)12(19)18-13-17-7-8(20-13)3-2-6-16/h1,4-5,7H,6,16H2,(H,17,18,19). The van der Waals surface area contributed by atoms with Gasteiger partial charge in [0.25, 0.3) is 5.91 Å². The fourth-order valence-electron chi connectivity index (χ4n) is 1.40. The van der Waals surface area contributed by atoms with Crippen LogP contribution in [0.3, 0.4) is 0 Å². The minimum absolute atomic E-state index is 0.223. The van der Waals surface area contributed by atoms with Crippen molar-refractivity contribution in [3.8, 4) is 11.8 Å². The van der Waals surface area contributed by atoms with E-state index in [-0.39, 0.29) is 22.2 Å². The second kappa shape index (κ2) is 6.73. The Morgan fingerprint density at radius 1 is 1.40 bits per heavy atom. The number of anilines is 1. The molecule has 102 valence electrons. The first-order chi connectivity index (χ1) is 9.61. The zero-order valence-electron chi connectivity index (χ0n) is 10.1. The quantitative estimate of drug-likeness (QED) is 0.834. The number of carbonyl (C=O) groups is 1. The third kappa shape index (κ3) is 3.50. The van der Waals surface area contributed by atoms with Crippen LogP contribution in [0.1, 0.15) is 15.2 Å². The Balaban J connectivity index is 2.18. The zero-order chi connectivity index (χ0) is 14.5. The van der Waals surface area contributed by atoms with E-state index in [2.05, 4.69) is 22.1 Å². The zero-order valence-corrected chi connectivity index (χ0v) is 12.4. The van der Waals surface area contributed by atoms with Crippen LogP contribution in [-0.2, 0) is 0 Å². The highest BCUT2D eigenvalue weighted by atomic mass is 35.5. The van der Waals surface area contributed by atoms with Crippen molar-refractivity contribution >= 4 is 45.6 Å². The van der Waals surface area contributed by atoms with E-state index < -0.39 is 5.91 Å². The molecule has 0 aliphatic rings. The van der Waals surface area contributed by atoms with Crippen LogP contribution in [0.25, 0.3) is 0 Å². The van der Waals surface area contributed by atoms with Gasteiger partial charge in [0.2, 0.25) is 0 Å². The van der Waals surface area contributed by atoms with Crippen LogP contribution in [0.4, 0.5) is 5.13 Å². The van der Waals surface area contributed by atoms with Crippen molar-refractivity contribution < 1.29 is 4.79 Å². The Morgan fingerprint density at radius 2 is 2.10 bits per heavy atom. The van der Waals surface area contributed by atoms with Crippen LogP contribution in [0.15, 0.2) is 24.4 Å². The van der Waals surface area contributed by atoms with Crippen LogP contribution in [0.5, 0.6) is 0 Å². The predicted octanol–water partition coefficient (Wildman–Crippen LogP) is 3.01. The number of aromatic nitrogens is 1. The molecule has 0 fully saturated rings. The van der Waals surface area contributed by atoms with Gasteiger partial charge < -0.3 is 5.73 Å². The number of rotatable bonds is 2. The fourth-order valence-corrected chi connectivity index (χ4v) is 2.66. The average molecular weight is 326 g/mol. The lowest BCUT2D eigenvalue weighted by atomic mass is 10.2. The maximum absolute atomic E-state index is 12.1. The van der Waals surface area contributed by atoms with Gasteiger partial charge in [-0.2, -0.15) is 0 Å². The largest absolute Gasteiger partial charge is 0.320 e. The van der Waals surface area contributed by atoms with Crippen molar-refractivity contribution in [1.29, 1.82) is 0 Å². The second-order valence-electron chi connectivity index (χ2n) is 3.59. The van der Waals surface area contributed by atoms with Crippen molar-refractivity contribution in [2.24, 2.45) is 5.73 Å². The van der Waals surface area contributed by atoms with Gasteiger partial charge in [0.15, 0.2) is 5.13 Å². The van der Waals surface area contributed by atoms with Gasteiger partial charge >= 0.3 is 0 Å². The monoisotopic (exact) mass is 325 g/mol. The van der Waals surface area contributed by atoms with E-state index in [1.54, 1.807) is 24.4 Å². The second-order valence-corrected chi connectivity index (χ2v) is 5.43. The molecule has 0 radical (unpaired) electrons. The molecule has 3 N–H and O–H groups in total. The summed E-state index contributed by atoms with van der Waals surface area (Å²) in [4.78, 5) is 16.9. The molecule has 1 aromatic carbocycles. The van der Waals surface area contributed by atoms with E-state index >= 15 is 0 Å². The first-order valence-electron chi connectivity index (χ1n) is 5.52. The van der Waals surface area contributed by atoms with Crippen LogP contribution in [-0.4, -0.2) is 17.4 Å². The average Bonchev–Trinajstić information content (AvgIpc) is 2.83. The summed E-state index contributed by atoms with van der Waals surface area (Å²) >= 11 is 13.2. The number of carbonyl (C=O) groups excluding carboxylic acids is 1. The van der Waals surface area contributed by atoms with Gasteiger partial charge in [-0.15, -0.1) is 0 Å². The number of thiazole rings is 1. The summed E-state index contributed by atoms with van der Waals surface area (Å²) in [6, 6.07) is 4.87. The number of amides is 1. The molecule has 2 rings (SSSR count). The number of halogens is 2. The van der Waals surface area contributed by atoms with Crippen LogP contribution >= 0.6 is 34.5 Å². The molecule has 0 saturated heterocycles. The summed E-state index contributed by atoms with van der Waals surface area (Å²) in [5.74, 6) is 5.14. The van der Waals surface area contributed by atoms with Crippen LogP contribution in [0, 0.1) is 11.8 Å². The van der Waals surface area contributed by atoms with E-state index in [0.717, 1.165) is 4.88 Å². The highest BCUT2D eigenvalue weighted by Crippen LogP contribution is 2.26. The van der Waals surface area contributed by atoms with Crippen molar-refractivity contribution in [3.05, 3.63) is 44.9 Å². The van der Waals surface area contributed by atoms with E-state index in [0.29, 0.717) is 5.13 Å². The molecule has 4 nitrogen and oxygen atoms in total. The maximum Gasteiger partial charge on any atom is 0.260 e. The molecule has 2 aromatic rings. The van der Waals surface area contributed by atoms with E-state index in [1.165, 1.54) is 11.3 Å². The van der Waals surface area contributed by atoms with Crippen molar-refractivity contribution in [3.63, 3.8) is 0 Å². The summed E-state index contributed by atoms with van der Waals surface area (Å²) in [5, 5.41) is 3.63. The number of nitrogens with one attached hydrogen (secondary N) is 1. The number of benzene rings is 1. The highest BCUT2D eigenvalue weighted by molar-refractivity contribution is 7.16. The molecule has 0 aliphatic carbocycles. The molecule has 0 aliphatic heterocycles. The minimum Gasteiger partial charge on any atom is -0.320 e. The molecule has 1 aromatic heterocycles. The first kappa shape index (κ1) is 14.8. The van der Waals surface area contributed by atoms with Crippen molar-refractivity contribution in [2.45, 2.75) is 0 Å². The Kier molecular flexibility index (Phi) is 4.99. The summed E-state index contributed by atoms with van der Waals surface area (Å²) in [5.41, 5.74) is 5.51. The third-order valence-electron chi connectivity index (χ3n) is 2.23. The molecule has 0 unspecified atom stereocenters. The third-order valence-corrected chi connectivity index (χ3v) is 3.69. The van der Waals surface area contributed by atoms with Crippen LogP contribution in [0.2, 0.25) is 10.0 Å². The van der Waals surface area contributed by atoms with Crippen molar-refractivity contribution in [1.82, 2.24) is 4.98 Å². The normalized spacial score (nSPS) is 9.75. The lowest BCUT2D eigenvalue weighted by molar-refractivity contribution is 0.102. The van der Waals surface area contributed by atoms with E-state index in [4.69, 9.17) is 28.9 Å². The van der Waals surface area contributed by atoms with Gasteiger partial charge in [0.1, 0.15) is 0 Å². The molecule has 20 heavy (non-hydrogen) atoms. The first-order valence-corrected chi connectivity index (χ1v) is 7.09. The lowest BCUT2D eigenvalue weighted by Gasteiger charge is -2.05. The van der Waals surface area contributed by atoms with E-state index in [9.17, 15) is 4.79 Å². The molecule has 0 atom stereocenters. The molecule has 0 bridgehead atoms. The van der Waals surface area contributed by atoms with Gasteiger partial charge in [-0.3, -0.25) is 10.1 Å². The van der Waals surface area contributed by atoms with Gasteiger partial charge in [-0.25, -0.2) is 4.98 Å². The van der Waals surface area contributed by atoms with E-state index in [1.807, 2.05) is 0 Å². The molecular weight excluding hydrogens is 317 g/mol. The highest BCUT2D eigenvalue weighted by Gasteiger charge is 2.15. The van der Waals surface area contributed by atoms with Gasteiger partial charge in [0, 0.05) is 0 Å². The lowest BCUT2D eigenvalue weighted by Crippen LogP contribution is -2.12. The Hall–Kier alpha value is -1.58. The number of hydrogen-bond acceptors (Lipinski definition) is 4. The summed E-state index contributed by atoms with van der Waals surface area (Å²) in [7, 11) is 0. The Bertz CT molecular complexity index is 683. The molecule has 7 heteroatoms. The van der Waals surface area contributed by atoms with Gasteiger partial charge in [-0.1, -0.05) is 52.4 Å².